The van der Waals surface area contributed by atoms with E-state index in [9.17, 15) is 9.59 Å². The van der Waals surface area contributed by atoms with Crippen molar-refractivity contribution < 1.29 is 19.1 Å². The number of rotatable bonds is 6. The Kier molecular flexibility index (Phi) is 5.64. The number of ether oxygens (including phenoxy) is 2. The molecule has 1 aliphatic heterocycles. The van der Waals surface area contributed by atoms with Gasteiger partial charge in [-0.25, -0.2) is 0 Å². The highest BCUT2D eigenvalue weighted by Gasteiger charge is 2.31. The van der Waals surface area contributed by atoms with E-state index in [4.69, 9.17) is 9.47 Å². The maximum absolute atomic E-state index is 12.3. The van der Waals surface area contributed by atoms with Gasteiger partial charge in [-0.15, -0.1) is 0 Å². The average Bonchev–Trinajstić information content (AvgIpc) is 2.66. The third kappa shape index (κ3) is 4.22. The Morgan fingerprint density at radius 2 is 1.96 bits per heavy atom. The lowest BCUT2D eigenvalue weighted by Crippen LogP contribution is -2.44. The Morgan fingerprint density at radius 3 is 2.63 bits per heavy atom. The fourth-order valence-electron chi connectivity index (χ4n) is 3.08. The summed E-state index contributed by atoms with van der Waals surface area (Å²) in [4.78, 5) is 26.4. The van der Waals surface area contributed by atoms with Crippen LogP contribution in [0.4, 0.5) is 11.4 Å². The summed E-state index contributed by atoms with van der Waals surface area (Å²) in [5.41, 5.74) is 2.29. The molecule has 1 heterocycles. The monoisotopic (exact) mass is 368 g/mol. The standard InChI is InChI=1S/C21H24N2O4/c1-4-11-23-18-10-7-16(13-19(18)27-14(2)21(23)25)22-20(24)12-15-5-8-17(26-3)9-6-15/h5-10,13-14H,4,11-12H2,1-3H3,(H,22,24). The molecule has 1 unspecified atom stereocenters. The highest BCUT2D eigenvalue weighted by Crippen LogP contribution is 2.36. The molecule has 0 aromatic heterocycles. The van der Waals surface area contributed by atoms with E-state index >= 15 is 0 Å². The molecule has 0 aliphatic carbocycles. The fraction of sp³-hybridized carbons (Fsp3) is 0.333. The molecular formula is C21H24N2O4. The maximum atomic E-state index is 12.3. The summed E-state index contributed by atoms with van der Waals surface area (Å²) in [5, 5.41) is 2.89. The molecule has 2 aromatic carbocycles. The zero-order valence-electron chi connectivity index (χ0n) is 15.8. The molecule has 3 rings (SSSR count). The van der Waals surface area contributed by atoms with Crippen LogP contribution in [0.2, 0.25) is 0 Å². The van der Waals surface area contributed by atoms with Crippen LogP contribution in [-0.4, -0.2) is 31.6 Å². The molecule has 2 aromatic rings. The smallest absolute Gasteiger partial charge is 0.267 e. The third-order valence-electron chi connectivity index (χ3n) is 4.42. The van der Waals surface area contributed by atoms with E-state index in [0.717, 1.165) is 23.4 Å². The van der Waals surface area contributed by atoms with Crippen molar-refractivity contribution in [3.05, 3.63) is 48.0 Å². The zero-order chi connectivity index (χ0) is 19.4. The largest absolute Gasteiger partial charge is 0.497 e. The van der Waals surface area contributed by atoms with E-state index in [2.05, 4.69) is 5.32 Å². The van der Waals surface area contributed by atoms with Crippen molar-refractivity contribution in [2.45, 2.75) is 32.8 Å². The molecule has 0 fully saturated rings. The number of carbonyl (C=O) groups excluding carboxylic acids is 2. The van der Waals surface area contributed by atoms with Gasteiger partial charge in [-0.2, -0.15) is 0 Å². The number of amides is 2. The van der Waals surface area contributed by atoms with Crippen LogP contribution >= 0.6 is 0 Å². The predicted molar refractivity (Wildman–Crippen MR) is 105 cm³/mol. The molecule has 0 radical (unpaired) electrons. The lowest BCUT2D eigenvalue weighted by atomic mass is 10.1. The molecule has 1 N–H and O–H groups in total. The summed E-state index contributed by atoms with van der Waals surface area (Å²) in [5.74, 6) is 1.20. The molecule has 2 amide bonds. The molecular weight excluding hydrogens is 344 g/mol. The number of nitrogens with one attached hydrogen (secondary N) is 1. The van der Waals surface area contributed by atoms with Gasteiger partial charge in [-0.1, -0.05) is 19.1 Å². The fourth-order valence-corrected chi connectivity index (χ4v) is 3.08. The zero-order valence-corrected chi connectivity index (χ0v) is 15.8. The van der Waals surface area contributed by atoms with E-state index in [-0.39, 0.29) is 18.2 Å². The molecule has 0 bridgehead atoms. The molecule has 1 atom stereocenters. The Bertz CT molecular complexity index is 833. The highest BCUT2D eigenvalue weighted by molar-refractivity contribution is 6.00. The molecule has 0 spiro atoms. The number of benzene rings is 2. The minimum absolute atomic E-state index is 0.0411. The van der Waals surface area contributed by atoms with Crippen LogP contribution in [0.1, 0.15) is 25.8 Å². The van der Waals surface area contributed by atoms with Gasteiger partial charge in [0.15, 0.2) is 6.10 Å². The number of hydrogen-bond acceptors (Lipinski definition) is 4. The average molecular weight is 368 g/mol. The third-order valence-corrected chi connectivity index (χ3v) is 4.42. The first-order valence-corrected chi connectivity index (χ1v) is 9.06. The van der Waals surface area contributed by atoms with E-state index in [0.29, 0.717) is 18.0 Å². The Labute approximate surface area is 159 Å². The summed E-state index contributed by atoms with van der Waals surface area (Å²) in [6.45, 7) is 4.41. The number of carbonyl (C=O) groups is 2. The first-order chi connectivity index (χ1) is 13.0. The number of methoxy groups -OCH3 is 1. The van der Waals surface area contributed by atoms with Crippen LogP contribution in [0.15, 0.2) is 42.5 Å². The molecule has 6 nitrogen and oxygen atoms in total. The lowest BCUT2D eigenvalue weighted by Gasteiger charge is -2.33. The van der Waals surface area contributed by atoms with E-state index < -0.39 is 6.10 Å². The van der Waals surface area contributed by atoms with Gasteiger partial charge >= 0.3 is 0 Å². The van der Waals surface area contributed by atoms with E-state index in [1.807, 2.05) is 37.3 Å². The summed E-state index contributed by atoms with van der Waals surface area (Å²) in [6.07, 6.45) is 0.589. The molecule has 0 saturated carbocycles. The van der Waals surface area contributed by atoms with Gasteiger partial charge in [0.2, 0.25) is 5.91 Å². The summed E-state index contributed by atoms with van der Waals surface area (Å²) < 4.78 is 10.9. The van der Waals surface area contributed by atoms with Crippen LogP contribution in [-0.2, 0) is 16.0 Å². The second-order valence-corrected chi connectivity index (χ2v) is 6.51. The Morgan fingerprint density at radius 1 is 1.22 bits per heavy atom. The van der Waals surface area contributed by atoms with Crippen LogP contribution in [0.3, 0.4) is 0 Å². The van der Waals surface area contributed by atoms with Crippen molar-refractivity contribution in [2.75, 3.05) is 23.9 Å². The van der Waals surface area contributed by atoms with Gasteiger partial charge in [0.25, 0.3) is 5.91 Å². The maximum Gasteiger partial charge on any atom is 0.267 e. The van der Waals surface area contributed by atoms with Crippen molar-refractivity contribution in [2.24, 2.45) is 0 Å². The predicted octanol–water partition coefficient (Wildman–Crippen LogP) is 3.40. The van der Waals surface area contributed by atoms with E-state index in [1.165, 1.54) is 0 Å². The van der Waals surface area contributed by atoms with Gasteiger partial charge in [-0.05, 0) is 43.2 Å². The number of anilines is 2. The molecule has 1 aliphatic rings. The van der Waals surface area contributed by atoms with Crippen LogP contribution in [0.25, 0.3) is 0 Å². The van der Waals surface area contributed by atoms with E-state index in [1.54, 1.807) is 31.1 Å². The number of nitrogens with zero attached hydrogens (tertiary/aromatic N) is 1. The van der Waals surface area contributed by atoms with Crippen molar-refractivity contribution in [3.8, 4) is 11.5 Å². The van der Waals surface area contributed by atoms with Crippen LogP contribution < -0.4 is 19.7 Å². The lowest BCUT2D eigenvalue weighted by molar-refractivity contribution is -0.125. The van der Waals surface area contributed by atoms with Crippen molar-refractivity contribution in [1.82, 2.24) is 0 Å². The number of fused-ring (bicyclic) bond motifs is 1. The second-order valence-electron chi connectivity index (χ2n) is 6.51. The van der Waals surface area contributed by atoms with Gasteiger partial charge < -0.3 is 19.7 Å². The quantitative estimate of drug-likeness (QED) is 0.849. The SMILES string of the molecule is CCCN1C(=O)C(C)Oc2cc(NC(=O)Cc3ccc(OC)cc3)ccc21. The Balaban J connectivity index is 1.71. The van der Waals surface area contributed by atoms with Gasteiger partial charge in [-0.3, -0.25) is 9.59 Å². The van der Waals surface area contributed by atoms with Crippen LogP contribution in [0.5, 0.6) is 11.5 Å². The van der Waals surface area contributed by atoms with Gasteiger partial charge in [0.05, 0.1) is 19.2 Å². The molecule has 27 heavy (non-hydrogen) atoms. The van der Waals surface area contributed by atoms with Crippen molar-refractivity contribution in [3.63, 3.8) is 0 Å². The summed E-state index contributed by atoms with van der Waals surface area (Å²) >= 11 is 0. The number of hydrogen-bond donors (Lipinski definition) is 1. The topological polar surface area (TPSA) is 67.9 Å². The van der Waals surface area contributed by atoms with Gasteiger partial charge in [0, 0.05) is 18.3 Å². The molecule has 0 saturated heterocycles. The minimum Gasteiger partial charge on any atom is -0.497 e. The summed E-state index contributed by atoms with van der Waals surface area (Å²) in [6, 6.07) is 12.8. The normalized spacial score (nSPS) is 15.7. The van der Waals surface area contributed by atoms with Crippen molar-refractivity contribution >= 4 is 23.2 Å². The highest BCUT2D eigenvalue weighted by atomic mass is 16.5. The Hall–Kier alpha value is -3.02. The second kappa shape index (κ2) is 8.12. The minimum atomic E-state index is -0.533. The molecule has 142 valence electrons. The van der Waals surface area contributed by atoms with Crippen molar-refractivity contribution in [1.29, 1.82) is 0 Å². The van der Waals surface area contributed by atoms with Gasteiger partial charge in [0.1, 0.15) is 11.5 Å². The first-order valence-electron chi connectivity index (χ1n) is 9.06. The van der Waals surface area contributed by atoms with Crippen LogP contribution in [0, 0.1) is 0 Å². The first kappa shape index (κ1) is 18.8. The molecule has 6 heteroatoms. The summed E-state index contributed by atoms with van der Waals surface area (Å²) in [7, 11) is 1.61.